The first-order chi connectivity index (χ1) is 4.39. The molecule has 0 bridgehead atoms. The van der Waals surface area contributed by atoms with Gasteiger partial charge in [0.2, 0.25) is 0 Å². The largest absolute Gasteiger partial charge is 0.347 e. The minimum atomic E-state index is -0.367. The van der Waals surface area contributed by atoms with Crippen molar-refractivity contribution in [3.63, 3.8) is 0 Å². The first-order valence-corrected chi connectivity index (χ1v) is 3.53. The molecule has 0 aliphatic heterocycles. The van der Waals surface area contributed by atoms with Gasteiger partial charge < -0.3 is 4.29 Å². The number of halogens is 1. The zero-order valence-electron chi connectivity index (χ0n) is 6.77. The van der Waals surface area contributed by atoms with Crippen LogP contribution in [0.1, 0.15) is 27.7 Å². The Morgan fingerprint density at radius 1 is 1.50 bits per heavy atom. The average Bonchev–Trinajstić information content (AvgIpc) is 1.83. The molecule has 1 atom stereocenters. The van der Waals surface area contributed by atoms with Crippen molar-refractivity contribution in [2.75, 3.05) is 0 Å². The highest BCUT2D eigenvalue weighted by Crippen LogP contribution is 2.26. The van der Waals surface area contributed by atoms with Crippen LogP contribution in [0.25, 0.3) is 0 Å². The summed E-state index contributed by atoms with van der Waals surface area (Å²) in [5, 5.41) is 0. The van der Waals surface area contributed by atoms with Gasteiger partial charge in [0, 0.05) is 0 Å². The molecule has 2 nitrogen and oxygen atoms in total. The smallest absolute Gasteiger partial charge is 0.328 e. The van der Waals surface area contributed by atoms with Crippen LogP contribution in [-0.2, 0) is 9.08 Å². The molecule has 0 aliphatic rings. The third-order valence-corrected chi connectivity index (χ3v) is 1.88. The Morgan fingerprint density at radius 3 is 2.00 bits per heavy atom. The van der Waals surface area contributed by atoms with Gasteiger partial charge in [0.05, 0.1) is 5.92 Å². The molecule has 10 heavy (non-hydrogen) atoms. The molecular weight excluding hydrogens is 152 g/mol. The van der Waals surface area contributed by atoms with Crippen LogP contribution in [0.5, 0.6) is 0 Å². The second kappa shape index (κ2) is 3.24. The summed E-state index contributed by atoms with van der Waals surface area (Å²) < 4.78 is 4.07. The van der Waals surface area contributed by atoms with E-state index < -0.39 is 0 Å². The SMILES string of the molecule is C[C@@H](C(=O)OCl)C(C)(C)C. The van der Waals surface area contributed by atoms with E-state index in [0.29, 0.717) is 0 Å². The molecule has 0 aromatic heterocycles. The van der Waals surface area contributed by atoms with Crippen molar-refractivity contribution in [2.45, 2.75) is 27.7 Å². The highest BCUT2D eigenvalue weighted by molar-refractivity contribution is 6.13. The summed E-state index contributed by atoms with van der Waals surface area (Å²) in [5.41, 5.74) is -0.0774. The maximum atomic E-state index is 10.8. The number of hydrogen-bond acceptors (Lipinski definition) is 2. The summed E-state index contributed by atoms with van der Waals surface area (Å²) in [7, 11) is 0. The Hall–Kier alpha value is -0.240. The molecule has 0 aliphatic carbocycles. The highest BCUT2D eigenvalue weighted by atomic mass is 35.5. The molecule has 0 aromatic rings. The van der Waals surface area contributed by atoms with Crippen LogP contribution in [-0.4, -0.2) is 5.97 Å². The molecule has 0 rings (SSSR count). The van der Waals surface area contributed by atoms with Gasteiger partial charge in [-0.25, -0.2) is 0 Å². The van der Waals surface area contributed by atoms with Crippen molar-refractivity contribution < 1.29 is 9.08 Å². The maximum absolute atomic E-state index is 10.8. The van der Waals surface area contributed by atoms with Gasteiger partial charge in [-0.3, -0.25) is 4.79 Å². The topological polar surface area (TPSA) is 26.3 Å². The summed E-state index contributed by atoms with van der Waals surface area (Å²) in [6, 6.07) is 0. The number of rotatable bonds is 1. The van der Waals surface area contributed by atoms with Crippen molar-refractivity contribution in [1.82, 2.24) is 0 Å². The Balaban J connectivity index is 4.08. The predicted octanol–water partition coefficient (Wildman–Crippen LogP) is 2.37. The van der Waals surface area contributed by atoms with Crippen LogP contribution in [0.15, 0.2) is 0 Å². The fraction of sp³-hybridized carbons (Fsp3) is 0.857. The zero-order chi connectivity index (χ0) is 8.36. The number of hydrogen-bond donors (Lipinski definition) is 0. The first-order valence-electron chi connectivity index (χ1n) is 3.22. The van der Waals surface area contributed by atoms with E-state index >= 15 is 0 Å². The monoisotopic (exact) mass is 164 g/mol. The summed E-state index contributed by atoms with van der Waals surface area (Å²) in [6.07, 6.45) is 0. The molecule has 3 heteroatoms. The Labute approximate surface area is 66.7 Å². The van der Waals surface area contributed by atoms with Gasteiger partial charge in [-0.2, -0.15) is 0 Å². The van der Waals surface area contributed by atoms with E-state index in [2.05, 4.69) is 4.29 Å². The minimum absolute atomic E-state index is 0.0774. The molecule has 0 amide bonds. The molecule has 0 N–H and O–H groups in total. The molecule has 0 aromatic carbocycles. The molecule has 0 heterocycles. The molecular formula is C7H13ClO2. The lowest BCUT2D eigenvalue weighted by atomic mass is 9.82. The Kier molecular flexibility index (Phi) is 3.16. The van der Waals surface area contributed by atoms with Gasteiger partial charge in [0.15, 0.2) is 0 Å². The third kappa shape index (κ3) is 2.56. The van der Waals surface area contributed by atoms with Crippen molar-refractivity contribution >= 4 is 17.8 Å². The Morgan fingerprint density at radius 2 is 1.90 bits per heavy atom. The van der Waals surface area contributed by atoms with Gasteiger partial charge in [-0.15, -0.1) is 0 Å². The third-order valence-electron chi connectivity index (χ3n) is 1.73. The molecule has 60 valence electrons. The van der Waals surface area contributed by atoms with Gasteiger partial charge in [-0.1, -0.05) is 27.7 Å². The lowest BCUT2D eigenvalue weighted by molar-refractivity contribution is -0.141. The molecule has 0 saturated carbocycles. The maximum Gasteiger partial charge on any atom is 0.328 e. The van der Waals surface area contributed by atoms with Crippen molar-refractivity contribution in [3.8, 4) is 0 Å². The van der Waals surface area contributed by atoms with E-state index in [4.69, 9.17) is 11.9 Å². The summed E-state index contributed by atoms with van der Waals surface area (Å²) >= 11 is 4.90. The highest BCUT2D eigenvalue weighted by Gasteiger charge is 2.27. The van der Waals surface area contributed by atoms with Crippen LogP contribution < -0.4 is 0 Å². The fourth-order valence-corrected chi connectivity index (χ4v) is 0.554. The summed E-state index contributed by atoms with van der Waals surface area (Å²) in [4.78, 5) is 10.8. The van der Waals surface area contributed by atoms with Crippen LogP contribution in [0, 0.1) is 11.3 Å². The lowest BCUT2D eigenvalue weighted by Gasteiger charge is -2.23. The van der Waals surface area contributed by atoms with Gasteiger partial charge >= 0.3 is 5.97 Å². The van der Waals surface area contributed by atoms with E-state index in [1.54, 1.807) is 6.92 Å². The average molecular weight is 165 g/mol. The van der Waals surface area contributed by atoms with Gasteiger partial charge in [0.1, 0.15) is 11.9 Å². The lowest BCUT2D eigenvalue weighted by Crippen LogP contribution is -2.25. The van der Waals surface area contributed by atoms with Gasteiger partial charge in [-0.05, 0) is 5.41 Å². The van der Waals surface area contributed by atoms with E-state index in [-0.39, 0.29) is 17.3 Å². The number of carbonyl (C=O) groups is 1. The fourth-order valence-electron chi connectivity index (χ4n) is 0.420. The Bertz CT molecular complexity index is 126. The molecule has 0 fully saturated rings. The number of carbonyl (C=O) groups excluding carboxylic acids is 1. The summed E-state index contributed by atoms with van der Waals surface area (Å²) in [6.45, 7) is 7.69. The molecule has 0 spiro atoms. The van der Waals surface area contributed by atoms with E-state index in [9.17, 15) is 4.79 Å². The summed E-state index contributed by atoms with van der Waals surface area (Å²) in [5.74, 6) is -0.529. The van der Waals surface area contributed by atoms with Crippen LogP contribution in [0.3, 0.4) is 0 Å². The standard InChI is InChI=1S/C7H13ClO2/c1-5(6(9)10-8)7(2,3)4/h5H,1-4H3/t5-/m0/s1. The van der Waals surface area contributed by atoms with E-state index in [1.165, 1.54) is 0 Å². The van der Waals surface area contributed by atoms with Crippen molar-refractivity contribution in [3.05, 3.63) is 0 Å². The predicted molar refractivity (Wildman–Crippen MR) is 40.6 cm³/mol. The van der Waals surface area contributed by atoms with Crippen LogP contribution in [0.4, 0.5) is 0 Å². The van der Waals surface area contributed by atoms with E-state index in [0.717, 1.165) is 0 Å². The van der Waals surface area contributed by atoms with Crippen molar-refractivity contribution in [1.29, 1.82) is 0 Å². The van der Waals surface area contributed by atoms with Crippen LogP contribution in [0.2, 0.25) is 0 Å². The van der Waals surface area contributed by atoms with Crippen LogP contribution >= 0.6 is 11.9 Å². The minimum Gasteiger partial charge on any atom is -0.347 e. The van der Waals surface area contributed by atoms with Crippen molar-refractivity contribution in [2.24, 2.45) is 11.3 Å². The second-order valence-corrected chi connectivity index (χ2v) is 3.64. The molecule has 0 unspecified atom stereocenters. The first kappa shape index (κ1) is 9.76. The second-order valence-electron chi connectivity index (χ2n) is 3.48. The van der Waals surface area contributed by atoms with E-state index in [1.807, 2.05) is 20.8 Å². The quantitative estimate of drug-likeness (QED) is 0.595. The zero-order valence-corrected chi connectivity index (χ0v) is 7.53. The molecule has 0 saturated heterocycles. The molecule has 0 radical (unpaired) electrons. The normalized spacial score (nSPS) is 14.5. The van der Waals surface area contributed by atoms with Gasteiger partial charge in [0.25, 0.3) is 0 Å².